The maximum atomic E-state index is 14.1. The predicted octanol–water partition coefficient (Wildman–Crippen LogP) is 2.57. The summed E-state index contributed by atoms with van der Waals surface area (Å²) in [6, 6.07) is 6.05. The van der Waals surface area contributed by atoms with Crippen LogP contribution in [0.3, 0.4) is 0 Å². The minimum Gasteiger partial charge on any atom is -0.383 e. The second-order valence-electron chi connectivity index (χ2n) is 8.22. The van der Waals surface area contributed by atoms with E-state index in [1.54, 1.807) is 13.2 Å². The van der Waals surface area contributed by atoms with Crippen LogP contribution in [0.2, 0.25) is 0 Å². The lowest BCUT2D eigenvalue weighted by molar-refractivity contribution is -0.127. The molecule has 0 saturated carbocycles. The third-order valence-electron chi connectivity index (χ3n) is 6.11. The molecule has 2 heterocycles. The van der Waals surface area contributed by atoms with Crippen molar-refractivity contribution in [3.63, 3.8) is 0 Å². The number of ether oxygens (including phenoxy) is 1. The van der Waals surface area contributed by atoms with Gasteiger partial charge in [-0.1, -0.05) is 12.1 Å². The Morgan fingerprint density at radius 2 is 2.04 bits per heavy atom. The van der Waals surface area contributed by atoms with Crippen molar-refractivity contribution < 1.29 is 13.9 Å². The summed E-state index contributed by atoms with van der Waals surface area (Å²) in [5.74, 6) is 0.153. The minimum atomic E-state index is -0.0968. The van der Waals surface area contributed by atoms with E-state index in [0.717, 1.165) is 63.0 Å². The number of hydrogen-bond acceptors (Lipinski definition) is 4. The predicted molar refractivity (Wildman–Crippen MR) is 109 cm³/mol. The van der Waals surface area contributed by atoms with Gasteiger partial charge in [-0.05, 0) is 63.9 Å². The summed E-state index contributed by atoms with van der Waals surface area (Å²) in [5.41, 5.74) is 1.75. The van der Waals surface area contributed by atoms with Crippen molar-refractivity contribution in [2.45, 2.75) is 45.2 Å². The van der Waals surface area contributed by atoms with Crippen LogP contribution >= 0.6 is 0 Å². The van der Waals surface area contributed by atoms with Crippen LogP contribution in [0.5, 0.6) is 0 Å². The normalized spacial score (nSPS) is 22.3. The van der Waals surface area contributed by atoms with Gasteiger partial charge in [0, 0.05) is 38.3 Å². The zero-order chi connectivity index (χ0) is 19.9. The molecule has 156 valence electrons. The molecule has 0 aromatic heterocycles. The zero-order valence-corrected chi connectivity index (χ0v) is 17.3. The average Bonchev–Trinajstić information content (AvgIpc) is 2.71. The topological polar surface area (TPSA) is 44.8 Å². The Morgan fingerprint density at radius 1 is 1.25 bits per heavy atom. The van der Waals surface area contributed by atoms with Crippen LogP contribution in [0, 0.1) is 18.7 Å². The highest BCUT2D eigenvalue weighted by Crippen LogP contribution is 2.25. The Morgan fingerprint density at radius 3 is 2.75 bits per heavy atom. The molecule has 0 radical (unpaired) electrons. The molecule has 1 atom stereocenters. The molecule has 3 rings (SSSR count). The highest BCUT2D eigenvalue weighted by atomic mass is 19.1. The first kappa shape index (κ1) is 21.2. The molecule has 1 aromatic carbocycles. The molecule has 0 aliphatic carbocycles. The molecule has 2 fully saturated rings. The molecule has 0 unspecified atom stereocenters. The quantitative estimate of drug-likeness (QED) is 0.726. The summed E-state index contributed by atoms with van der Waals surface area (Å²) in [6.07, 6.45) is 4.23. The second kappa shape index (κ2) is 10.3. The number of likely N-dealkylation sites (tertiary alicyclic amines) is 2. The highest BCUT2D eigenvalue weighted by Gasteiger charge is 2.31. The van der Waals surface area contributed by atoms with Gasteiger partial charge < -0.3 is 10.1 Å². The van der Waals surface area contributed by atoms with Gasteiger partial charge in [-0.2, -0.15) is 0 Å². The van der Waals surface area contributed by atoms with Crippen molar-refractivity contribution in [3.05, 3.63) is 35.1 Å². The number of aryl methyl sites for hydroxylation is 1. The standard InChI is InChI=1S/C22H34FN3O2/c1-17-5-6-18(21(23)14-17)15-25-11-7-20(8-12-25)26-10-3-4-19(16-26)22(27)24-9-13-28-2/h5-6,14,19-20H,3-4,7-13,15-16H2,1-2H3,(H,24,27)/t19-/m1/s1. The SMILES string of the molecule is COCCNC(=O)[C@@H]1CCCN(C2CCN(Cc3ccc(C)cc3F)CC2)C1. The maximum Gasteiger partial charge on any atom is 0.224 e. The lowest BCUT2D eigenvalue weighted by Crippen LogP contribution is -2.50. The van der Waals surface area contributed by atoms with E-state index in [1.165, 1.54) is 0 Å². The van der Waals surface area contributed by atoms with Gasteiger partial charge in [0.25, 0.3) is 0 Å². The van der Waals surface area contributed by atoms with Crippen molar-refractivity contribution in [2.75, 3.05) is 46.4 Å². The largest absolute Gasteiger partial charge is 0.383 e. The molecule has 2 aliphatic heterocycles. The van der Waals surface area contributed by atoms with Gasteiger partial charge in [-0.3, -0.25) is 14.6 Å². The highest BCUT2D eigenvalue weighted by molar-refractivity contribution is 5.78. The summed E-state index contributed by atoms with van der Waals surface area (Å²) in [6.45, 7) is 7.65. The first-order chi connectivity index (χ1) is 13.6. The van der Waals surface area contributed by atoms with Crippen LogP contribution < -0.4 is 5.32 Å². The Bertz CT molecular complexity index is 647. The number of benzene rings is 1. The molecular formula is C22H34FN3O2. The number of piperidine rings is 2. The van der Waals surface area contributed by atoms with E-state index >= 15 is 0 Å². The van der Waals surface area contributed by atoms with Gasteiger partial charge >= 0.3 is 0 Å². The molecular weight excluding hydrogens is 357 g/mol. The van der Waals surface area contributed by atoms with Crippen LogP contribution in [0.25, 0.3) is 0 Å². The van der Waals surface area contributed by atoms with Gasteiger partial charge in [0.05, 0.1) is 12.5 Å². The third kappa shape index (κ3) is 5.75. The first-order valence-electron chi connectivity index (χ1n) is 10.5. The van der Waals surface area contributed by atoms with Crippen LogP contribution in [0.4, 0.5) is 4.39 Å². The summed E-state index contributed by atoms with van der Waals surface area (Å²) < 4.78 is 19.1. The summed E-state index contributed by atoms with van der Waals surface area (Å²) in [7, 11) is 1.65. The number of carbonyl (C=O) groups is 1. The van der Waals surface area contributed by atoms with Gasteiger partial charge in [0.15, 0.2) is 0 Å². The number of rotatable bonds is 7. The molecule has 1 aromatic rings. The van der Waals surface area contributed by atoms with E-state index < -0.39 is 0 Å². The molecule has 6 heteroatoms. The Labute approximate surface area is 168 Å². The van der Waals surface area contributed by atoms with Crippen LogP contribution in [0.15, 0.2) is 18.2 Å². The lowest BCUT2D eigenvalue weighted by atomic mass is 9.93. The van der Waals surface area contributed by atoms with Crippen molar-refractivity contribution in [3.8, 4) is 0 Å². The van der Waals surface area contributed by atoms with E-state index in [-0.39, 0.29) is 17.6 Å². The first-order valence-corrected chi connectivity index (χ1v) is 10.5. The van der Waals surface area contributed by atoms with E-state index in [9.17, 15) is 9.18 Å². The van der Waals surface area contributed by atoms with Gasteiger partial charge in [0.2, 0.25) is 5.91 Å². The molecule has 0 spiro atoms. The van der Waals surface area contributed by atoms with E-state index in [1.807, 2.05) is 19.1 Å². The van der Waals surface area contributed by atoms with Crippen molar-refractivity contribution in [2.24, 2.45) is 5.92 Å². The number of nitrogens with zero attached hydrogens (tertiary/aromatic N) is 2. The maximum absolute atomic E-state index is 14.1. The summed E-state index contributed by atoms with van der Waals surface area (Å²) in [5, 5.41) is 2.99. The fraction of sp³-hybridized carbons (Fsp3) is 0.682. The summed E-state index contributed by atoms with van der Waals surface area (Å²) in [4.78, 5) is 17.2. The fourth-order valence-electron chi connectivity index (χ4n) is 4.44. The number of nitrogens with one attached hydrogen (secondary N) is 1. The third-order valence-corrected chi connectivity index (χ3v) is 6.11. The second-order valence-corrected chi connectivity index (χ2v) is 8.22. The molecule has 2 aliphatic rings. The average molecular weight is 392 g/mol. The van der Waals surface area contributed by atoms with Crippen LogP contribution in [0.1, 0.15) is 36.8 Å². The molecule has 2 saturated heterocycles. The van der Waals surface area contributed by atoms with E-state index in [4.69, 9.17) is 4.74 Å². The van der Waals surface area contributed by atoms with Gasteiger partial charge in [0.1, 0.15) is 5.82 Å². The Kier molecular flexibility index (Phi) is 7.82. The molecule has 1 amide bonds. The summed E-state index contributed by atoms with van der Waals surface area (Å²) >= 11 is 0. The van der Waals surface area contributed by atoms with Gasteiger partial charge in [-0.15, -0.1) is 0 Å². The van der Waals surface area contributed by atoms with Crippen LogP contribution in [-0.2, 0) is 16.1 Å². The van der Waals surface area contributed by atoms with Crippen LogP contribution in [-0.4, -0.2) is 68.2 Å². The zero-order valence-electron chi connectivity index (χ0n) is 17.3. The Balaban J connectivity index is 1.45. The molecule has 5 nitrogen and oxygen atoms in total. The van der Waals surface area contributed by atoms with Crippen molar-refractivity contribution in [1.82, 2.24) is 15.1 Å². The number of hydrogen-bond donors (Lipinski definition) is 1. The van der Waals surface area contributed by atoms with Gasteiger partial charge in [-0.25, -0.2) is 4.39 Å². The lowest BCUT2D eigenvalue weighted by Gasteiger charge is -2.42. The smallest absolute Gasteiger partial charge is 0.224 e. The van der Waals surface area contributed by atoms with E-state index in [2.05, 4.69) is 15.1 Å². The number of halogens is 1. The Hall–Kier alpha value is -1.50. The van der Waals surface area contributed by atoms with E-state index in [0.29, 0.717) is 25.7 Å². The molecule has 28 heavy (non-hydrogen) atoms. The number of amides is 1. The fourth-order valence-corrected chi connectivity index (χ4v) is 4.44. The van der Waals surface area contributed by atoms with Crippen molar-refractivity contribution in [1.29, 1.82) is 0 Å². The molecule has 0 bridgehead atoms. The number of carbonyl (C=O) groups excluding carboxylic acids is 1. The molecule has 1 N–H and O–H groups in total. The van der Waals surface area contributed by atoms with Crippen molar-refractivity contribution >= 4 is 5.91 Å². The number of methoxy groups -OCH3 is 1. The monoisotopic (exact) mass is 391 g/mol. The minimum absolute atomic E-state index is 0.0882.